The van der Waals surface area contributed by atoms with Gasteiger partial charge in [-0.25, -0.2) is 0 Å². The number of Topliss-reactive ketones (excluding diaryl/α,β-unsaturated/α-hetero) is 1. The SMILES string of the molecule is CC.CC.[2H]C([2H])([2H])C=CC=CC[C@@H](C)C(O)[C@@H](C(C)=O)N(C)C. The highest BCUT2D eigenvalue weighted by Crippen LogP contribution is 2.16. The van der Waals surface area contributed by atoms with Crippen LogP contribution in [-0.2, 0) is 4.79 Å². The zero-order chi connectivity index (χ0) is 19.9. The van der Waals surface area contributed by atoms with Crippen molar-refractivity contribution < 1.29 is 14.0 Å². The number of aliphatic hydroxyl groups is 1. The Labute approximate surface area is 137 Å². The summed E-state index contributed by atoms with van der Waals surface area (Å²) in [4.78, 5) is 13.2. The molecule has 0 saturated carbocycles. The van der Waals surface area contributed by atoms with E-state index in [0.717, 1.165) is 6.08 Å². The highest BCUT2D eigenvalue weighted by Gasteiger charge is 2.29. The van der Waals surface area contributed by atoms with Crippen LogP contribution in [0.15, 0.2) is 24.3 Å². The highest BCUT2D eigenvalue weighted by atomic mass is 16.3. The van der Waals surface area contributed by atoms with Gasteiger partial charge in [-0.15, -0.1) is 0 Å². The van der Waals surface area contributed by atoms with Crippen LogP contribution in [0.5, 0.6) is 0 Å². The minimum absolute atomic E-state index is 0.0689. The lowest BCUT2D eigenvalue weighted by molar-refractivity contribution is -0.126. The largest absolute Gasteiger partial charge is 0.391 e. The maximum absolute atomic E-state index is 11.5. The zero-order valence-electron chi connectivity index (χ0n) is 18.1. The summed E-state index contributed by atoms with van der Waals surface area (Å²) in [5.74, 6) is -0.163. The van der Waals surface area contributed by atoms with Crippen LogP contribution in [0.3, 0.4) is 0 Å². The predicted octanol–water partition coefficient (Wildman–Crippen LogP) is 4.08. The summed E-state index contributed by atoms with van der Waals surface area (Å²) in [5, 5.41) is 10.2. The molecule has 1 N–H and O–H groups in total. The number of carbonyl (C=O) groups is 1. The molecule has 3 nitrogen and oxygen atoms in total. The van der Waals surface area contributed by atoms with Crippen molar-refractivity contribution in [2.24, 2.45) is 5.92 Å². The second-order valence-corrected chi connectivity index (χ2v) is 4.51. The molecule has 0 aromatic heterocycles. The van der Waals surface area contributed by atoms with Gasteiger partial charge in [0.05, 0.1) is 12.1 Å². The third-order valence-electron chi connectivity index (χ3n) is 2.73. The lowest BCUT2D eigenvalue weighted by Crippen LogP contribution is -2.47. The smallest absolute Gasteiger partial charge is 0.149 e. The molecular weight excluding hydrogens is 262 g/mol. The monoisotopic (exact) mass is 302 g/mol. The van der Waals surface area contributed by atoms with Crippen LogP contribution in [0, 0.1) is 5.92 Å². The molecule has 0 aromatic rings. The summed E-state index contributed by atoms with van der Waals surface area (Å²) in [5.41, 5.74) is 0. The van der Waals surface area contributed by atoms with E-state index < -0.39 is 19.0 Å². The maximum atomic E-state index is 11.5. The average Bonchev–Trinajstić information content (AvgIpc) is 2.48. The average molecular weight is 303 g/mol. The molecule has 0 rings (SSSR count). The Morgan fingerprint density at radius 2 is 1.76 bits per heavy atom. The quantitative estimate of drug-likeness (QED) is 0.720. The number of allylic oxidation sites excluding steroid dienone is 4. The summed E-state index contributed by atoms with van der Waals surface area (Å²) < 4.78 is 21.0. The number of carbonyl (C=O) groups excluding carboxylic acids is 1. The van der Waals surface area contributed by atoms with Crippen LogP contribution in [0.2, 0.25) is 0 Å². The van der Waals surface area contributed by atoms with E-state index in [1.54, 1.807) is 31.1 Å². The fraction of sp³-hybridized carbons (Fsp3) is 0.722. The third-order valence-corrected chi connectivity index (χ3v) is 2.73. The van der Waals surface area contributed by atoms with Crippen molar-refractivity contribution in [1.82, 2.24) is 4.90 Å². The van der Waals surface area contributed by atoms with Crippen molar-refractivity contribution in [3.05, 3.63) is 24.3 Å². The second kappa shape index (κ2) is 17.1. The van der Waals surface area contributed by atoms with Crippen molar-refractivity contribution in [2.75, 3.05) is 14.1 Å². The Balaban J connectivity index is -0.00000102. The van der Waals surface area contributed by atoms with E-state index in [-0.39, 0.29) is 11.7 Å². The molecule has 0 aliphatic rings. The van der Waals surface area contributed by atoms with Crippen molar-refractivity contribution in [3.8, 4) is 0 Å². The summed E-state index contributed by atoms with van der Waals surface area (Å²) in [7, 11) is 3.52. The molecule has 1 unspecified atom stereocenters. The van der Waals surface area contributed by atoms with Gasteiger partial charge in [0.1, 0.15) is 5.78 Å². The maximum Gasteiger partial charge on any atom is 0.149 e. The summed E-state index contributed by atoms with van der Waals surface area (Å²) in [6, 6.07) is -0.517. The van der Waals surface area contributed by atoms with E-state index in [1.807, 2.05) is 34.6 Å². The first-order valence-electron chi connectivity index (χ1n) is 9.25. The molecule has 0 bridgehead atoms. The third kappa shape index (κ3) is 12.5. The predicted molar refractivity (Wildman–Crippen MR) is 94.6 cm³/mol. The van der Waals surface area contributed by atoms with Crippen molar-refractivity contribution in [3.63, 3.8) is 0 Å². The van der Waals surface area contributed by atoms with Crippen LogP contribution in [0.1, 0.15) is 58.9 Å². The van der Waals surface area contributed by atoms with Crippen LogP contribution >= 0.6 is 0 Å². The van der Waals surface area contributed by atoms with Gasteiger partial charge in [0.2, 0.25) is 0 Å². The lowest BCUT2D eigenvalue weighted by Gasteiger charge is -2.30. The van der Waals surface area contributed by atoms with Gasteiger partial charge in [0.25, 0.3) is 0 Å². The molecular formula is C18H37NO2. The molecule has 126 valence electrons. The van der Waals surface area contributed by atoms with Gasteiger partial charge >= 0.3 is 0 Å². The first-order chi connectivity index (χ1) is 11.1. The molecule has 21 heavy (non-hydrogen) atoms. The Kier molecular flexibility index (Phi) is 14.8. The van der Waals surface area contributed by atoms with Gasteiger partial charge < -0.3 is 5.11 Å². The Morgan fingerprint density at radius 1 is 1.24 bits per heavy atom. The number of nitrogens with zero attached hydrogens (tertiary/aromatic N) is 1. The molecule has 0 fully saturated rings. The van der Waals surface area contributed by atoms with Gasteiger partial charge in [-0.05, 0) is 40.2 Å². The number of aliphatic hydroxyl groups excluding tert-OH is 1. The zero-order valence-corrected chi connectivity index (χ0v) is 15.1. The fourth-order valence-corrected chi connectivity index (χ4v) is 1.79. The first-order valence-corrected chi connectivity index (χ1v) is 7.75. The van der Waals surface area contributed by atoms with Gasteiger partial charge in [0.15, 0.2) is 0 Å². The molecule has 0 aromatic carbocycles. The number of likely N-dealkylation sites (N-methyl/N-ethyl adjacent to an activating group) is 1. The van der Waals surface area contributed by atoms with E-state index >= 15 is 0 Å². The van der Waals surface area contributed by atoms with E-state index in [2.05, 4.69) is 0 Å². The number of hydrogen-bond donors (Lipinski definition) is 1. The van der Waals surface area contributed by atoms with Gasteiger partial charge in [-0.2, -0.15) is 0 Å². The van der Waals surface area contributed by atoms with E-state index in [0.29, 0.717) is 6.42 Å². The minimum Gasteiger partial charge on any atom is -0.391 e. The first kappa shape index (κ1) is 18.1. The van der Waals surface area contributed by atoms with Crippen LogP contribution < -0.4 is 0 Å². The molecule has 0 amide bonds. The van der Waals surface area contributed by atoms with Crippen LogP contribution in [-0.4, -0.2) is 42.0 Å². The minimum atomic E-state index is -2.07. The van der Waals surface area contributed by atoms with Crippen LogP contribution in [0.25, 0.3) is 0 Å². The Hall–Kier alpha value is -0.930. The van der Waals surface area contributed by atoms with Crippen LogP contribution in [0.4, 0.5) is 0 Å². The molecule has 0 saturated heterocycles. The second-order valence-electron chi connectivity index (χ2n) is 4.51. The summed E-state index contributed by atoms with van der Waals surface area (Å²) in [6.45, 7) is 9.26. The van der Waals surface area contributed by atoms with E-state index in [4.69, 9.17) is 4.11 Å². The Morgan fingerprint density at radius 3 is 2.14 bits per heavy atom. The van der Waals surface area contributed by atoms with Crippen molar-refractivity contribution in [2.45, 2.75) is 67.0 Å². The molecule has 3 heteroatoms. The molecule has 0 spiro atoms. The van der Waals surface area contributed by atoms with Gasteiger partial charge in [-0.1, -0.05) is 58.9 Å². The van der Waals surface area contributed by atoms with Crippen molar-refractivity contribution in [1.29, 1.82) is 0 Å². The number of hydrogen-bond acceptors (Lipinski definition) is 3. The van der Waals surface area contributed by atoms with Gasteiger partial charge in [-0.3, -0.25) is 9.69 Å². The Bertz CT molecular complexity index is 364. The molecule has 0 aliphatic heterocycles. The molecule has 0 aliphatic carbocycles. The van der Waals surface area contributed by atoms with E-state index in [1.165, 1.54) is 13.0 Å². The normalized spacial score (nSPS) is 17.7. The fourth-order valence-electron chi connectivity index (χ4n) is 1.79. The standard InChI is InChI=1S/C14H25NO2.2C2H6/c1-6-7-8-9-10-11(2)14(17)13(12(3)16)15(4)5;2*1-2/h6-9,11,13-14,17H,10H2,1-5H3;2*1-2H3/t11-,13-,14?;;/m1../s1/i1D3;;. The summed E-state index contributed by atoms with van der Waals surface area (Å²) >= 11 is 0. The highest BCUT2D eigenvalue weighted by molar-refractivity contribution is 5.82. The lowest BCUT2D eigenvalue weighted by atomic mass is 9.92. The van der Waals surface area contributed by atoms with Crippen molar-refractivity contribution >= 4 is 5.78 Å². The molecule has 3 atom stereocenters. The molecule has 0 heterocycles. The van der Waals surface area contributed by atoms with E-state index in [9.17, 15) is 9.90 Å². The number of ketones is 1. The summed E-state index contributed by atoms with van der Waals surface area (Å²) in [6.07, 6.45) is 5.88. The topological polar surface area (TPSA) is 40.5 Å². The molecule has 0 radical (unpaired) electrons. The number of rotatable bonds is 7. The van der Waals surface area contributed by atoms with Gasteiger partial charge in [0, 0.05) is 4.11 Å².